The molecule has 2 N–H and O–H groups in total. The number of rotatable bonds is 5. The molecule has 0 aliphatic carbocycles. The monoisotopic (exact) mass is 267 g/mol. The molecule has 1 rings (SSSR count). The van der Waals surface area contributed by atoms with Gasteiger partial charge in [0.1, 0.15) is 5.82 Å². The van der Waals surface area contributed by atoms with E-state index in [2.05, 4.69) is 26.1 Å². The zero-order chi connectivity index (χ0) is 14.5. The van der Waals surface area contributed by atoms with Gasteiger partial charge >= 0.3 is 0 Å². The van der Waals surface area contributed by atoms with Crippen LogP contribution in [-0.4, -0.2) is 17.6 Å². The number of carbonyl (C=O) groups excluding carboxylic acids is 1. The van der Waals surface area contributed by atoms with Crippen molar-refractivity contribution < 1.29 is 14.3 Å². The first-order chi connectivity index (χ1) is 8.79. The molecule has 19 heavy (non-hydrogen) atoms. The predicted octanol–water partition coefficient (Wildman–Crippen LogP) is 2.80. The standard InChI is InChI=1S/C15H22FNO2/c1-15(2,3)9-8-14(19)17-10-13(18)11-6-4-5-7-12(11)16/h4-7,13,18H,8-10H2,1-3H3,(H,17,19). The van der Waals surface area contributed by atoms with Crippen molar-refractivity contribution >= 4 is 5.91 Å². The van der Waals surface area contributed by atoms with E-state index < -0.39 is 11.9 Å². The molecule has 0 aliphatic heterocycles. The van der Waals surface area contributed by atoms with E-state index in [-0.39, 0.29) is 23.4 Å². The zero-order valence-corrected chi connectivity index (χ0v) is 11.7. The molecule has 1 atom stereocenters. The Bertz CT molecular complexity index is 426. The molecule has 1 aromatic rings. The minimum Gasteiger partial charge on any atom is -0.386 e. The molecule has 0 bridgehead atoms. The van der Waals surface area contributed by atoms with Gasteiger partial charge in [0.15, 0.2) is 0 Å². The van der Waals surface area contributed by atoms with E-state index in [0.29, 0.717) is 6.42 Å². The maximum atomic E-state index is 13.4. The van der Waals surface area contributed by atoms with E-state index in [9.17, 15) is 14.3 Å². The summed E-state index contributed by atoms with van der Waals surface area (Å²) in [6.45, 7) is 6.22. The first-order valence-electron chi connectivity index (χ1n) is 6.49. The van der Waals surface area contributed by atoms with Crippen molar-refractivity contribution in [3.05, 3.63) is 35.6 Å². The second kappa shape index (κ2) is 6.66. The Balaban J connectivity index is 2.40. The maximum absolute atomic E-state index is 13.4. The Labute approximate surface area is 113 Å². The molecule has 106 valence electrons. The molecule has 0 heterocycles. The van der Waals surface area contributed by atoms with Crippen LogP contribution in [0.25, 0.3) is 0 Å². The molecule has 0 saturated heterocycles. The van der Waals surface area contributed by atoms with Crippen LogP contribution in [0.5, 0.6) is 0 Å². The van der Waals surface area contributed by atoms with Gasteiger partial charge in [0.2, 0.25) is 5.91 Å². The van der Waals surface area contributed by atoms with Crippen molar-refractivity contribution in [1.82, 2.24) is 5.32 Å². The van der Waals surface area contributed by atoms with Gasteiger partial charge in [-0.15, -0.1) is 0 Å². The van der Waals surface area contributed by atoms with E-state index in [1.165, 1.54) is 12.1 Å². The van der Waals surface area contributed by atoms with Crippen LogP contribution in [0.4, 0.5) is 4.39 Å². The van der Waals surface area contributed by atoms with Crippen LogP contribution >= 0.6 is 0 Å². The number of halogens is 1. The van der Waals surface area contributed by atoms with Gasteiger partial charge in [-0.05, 0) is 17.9 Å². The van der Waals surface area contributed by atoms with Crippen molar-refractivity contribution in [2.45, 2.75) is 39.7 Å². The molecule has 0 radical (unpaired) electrons. The first kappa shape index (κ1) is 15.6. The SMILES string of the molecule is CC(C)(C)CCC(=O)NCC(O)c1ccccc1F. The fourth-order valence-corrected chi connectivity index (χ4v) is 1.64. The first-order valence-corrected chi connectivity index (χ1v) is 6.49. The molecule has 0 saturated carbocycles. The molecular formula is C15H22FNO2. The van der Waals surface area contributed by atoms with Crippen molar-refractivity contribution in [3.8, 4) is 0 Å². The van der Waals surface area contributed by atoms with Crippen LogP contribution in [-0.2, 0) is 4.79 Å². The maximum Gasteiger partial charge on any atom is 0.220 e. The van der Waals surface area contributed by atoms with Gasteiger partial charge in [-0.2, -0.15) is 0 Å². The van der Waals surface area contributed by atoms with Gasteiger partial charge in [-0.1, -0.05) is 39.0 Å². The molecule has 3 nitrogen and oxygen atoms in total. The molecular weight excluding hydrogens is 245 g/mol. The van der Waals surface area contributed by atoms with Gasteiger partial charge in [-0.3, -0.25) is 4.79 Å². The third-order valence-corrected chi connectivity index (χ3v) is 2.86. The summed E-state index contributed by atoms with van der Waals surface area (Å²) in [7, 11) is 0. The van der Waals surface area contributed by atoms with E-state index in [4.69, 9.17) is 0 Å². The van der Waals surface area contributed by atoms with Crippen LogP contribution in [0.15, 0.2) is 24.3 Å². The average Bonchev–Trinajstić information content (AvgIpc) is 2.33. The van der Waals surface area contributed by atoms with Gasteiger partial charge in [0, 0.05) is 18.5 Å². The quantitative estimate of drug-likeness (QED) is 0.862. The number of aliphatic hydroxyl groups is 1. The topological polar surface area (TPSA) is 49.3 Å². The van der Waals surface area contributed by atoms with Crippen LogP contribution in [0.1, 0.15) is 45.3 Å². The van der Waals surface area contributed by atoms with Gasteiger partial charge in [-0.25, -0.2) is 4.39 Å². The second-order valence-electron chi connectivity index (χ2n) is 5.90. The summed E-state index contributed by atoms with van der Waals surface area (Å²) >= 11 is 0. The number of carbonyl (C=O) groups is 1. The lowest BCUT2D eigenvalue weighted by Crippen LogP contribution is -2.29. The van der Waals surface area contributed by atoms with Crippen molar-refractivity contribution in [1.29, 1.82) is 0 Å². The number of benzene rings is 1. The summed E-state index contributed by atoms with van der Waals surface area (Å²) in [6.07, 6.45) is 0.169. The largest absolute Gasteiger partial charge is 0.386 e. The Kier molecular flexibility index (Phi) is 5.48. The van der Waals surface area contributed by atoms with E-state index >= 15 is 0 Å². The lowest BCUT2D eigenvalue weighted by molar-refractivity contribution is -0.122. The zero-order valence-electron chi connectivity index (χ0n) is 11.7. The van der Waals surface area contributed by atoms with Crippen LogP contribution in [0.2, 0.25) is 0 Å². The Morgan fingerprint density at radius 1 is 1.37 bits per heavy atom. The fraction of sp³-hybridized carbons (Fsp3) is 0.533. The summed E-state index contributed by atoms with van der Waals surface area (Å²) in [6, 6.07) is 6.03. The minimum absolute atomic E-state index is 0.0317. The third-order valence-electron chi connectivity index (χ3n) is 2.86. The Morgan fingerprint density at radius 3 is 2.58 bits per heavy atom. The number of hydrogen-bond donors (Lipinski definition) is 2. The lowest BCUT2D eigenvalue weighted by Gasteiger charge is -2.18. The highest BCUT2D eigenvalue weighted by atomic mass is 19.1. The number of nitrogens with one attached hydrogen (secondary N) is 1. The second-order valence-corrected chi connectivity index (χ2v) is 5.90. The van der Waals surface area contributed by atoms with Gasteiger partial charge in [0.05, 0.1) is 6.10 Å². The fourth-order valence-electron chi connectivity index (χ4n) is 1.64. The summed E-state index contributed by atoms with van der Waals surface area (Å²) in [5.41, 5.74) is 0.306. The van der Waals surface area contributed by atoms with Crippen molar-refractivity contribution in [2.24, 2.45) is 5.41 Å². The highest BCUT2D eigenvalue weighted by Crippen LogP contribution is 2.20. The number of amides is 1. The highest BCUT2D eigenvalue weighted by molar-refractivity contribution is 5.75. The highest BCUT2D eigenvalue weighted by Gasteiger charge is 2.15. The van der Waals surface area contributed by atoms with Crippen molar-refractivity contribution in [2.75, 3.05) is 6.54 Å². The molecule has 1 amide bonds. The molecule has 0 spiro atoms. The van der Waals surface area contributed by atoms with Crippen LogP contribution in [0, 0.1) is 11.2 Å². The van der Waals surface area contributed by atoms with Crippen LogP contribution < -0.4 is 5.32 Å². The minimum atomic E-state index is -1.01. The lowest BCUT2D eigenvalue weighted by atomic mass is 9.90. The van der Waals surface area contributed by atoms with E-state index in [1.54, 1.807) is 12.1 Å². The summed E-state index contributed by atoms with van der Waals surface area (Å²) < 4.78 is 13.4. The molecule has 1 aromatic carbocycles. The molecule has 4 heteroatoms. The van der Waals surface area contributed by atoms with E-state index in [1.807, 2.05) is 0 Å². The molecule has 0 fully saturated rings. The Morgan fingerprint density at radius 2 is 2.00 bits per heavy atom. The summed E-state index contributed by atoms with van der Waals surface area (Å²) in [5.74, 6) is -0.579. The molecule has 0 aromatic heterocycles. The summed E-state index contributed by atoms with van der Waals surface area (Å²) in [5, 5.41) is 12.4. The third kappa shape index (κ3) is 5.83. The molecule has 0 aliphatic rings. The smallest absolute Gasteiger partial charge is 0.220 e. The normalized spacial score (nSPS) is 13.1. The predicted molar refractivity (Wildman–Crippen MR) is 73.1 cm³/mol. The van der Waals surface area contributed by atoms with Gasteiger partial charge < -0.3 is 10.4 Å². The van der Waals surface area contributed by atoms with Gasteiger partial charge in [0.25, 0.3) is 0 Å². The van der Waals surface area contributed by atoms with Crippen LogP contribution in [0.3, 0.4) is 0 Å². The average molecular weight is 267 g/mol. The van der Waals surface area contributed by atoms with Crippen molar-refractivity contribution in [3.63, 3.8) is 0 Å². The number of hydrogen-bond acceptors (Lipinski definition) is 2. The molecule has 1 unspecified atom stereocenters. The number of aliphatic hydroxyl groups excluding tert-OH is 1. The van der Waals surface area contributed by atoms with E-state index in [0.717, 1.165) is 6.42 Å². The summed E-state index contributed by atoms with van der Waals surface area (Å²) in [4.78, 5) is 11.6. The Hall–Kier alpha value is -1.42.